The zero-order valence-electron chi connectivity index (χ0n) is 10.3. The van der Waals surface area contributed by atoms with Gasteiger partial charge in [-0.15, -0.1) is 10.2 Å². The fraction of sp³-hybridized carbons (Fsp3) is 0.154. The third kappa shape index (κ3) is 3.94. The second-order valence-electron chi connectivity index (χ2n) is 3.66. The molecule has 0 atom stereocenters. The van der Waals surface area contributed by atoms with Gasteiger partial charge in [0.05, 0.1) is 0 Å². The Morgan fingerprint density at radius 3 is 2.63 bits per heavy atom. The van der Waals surface area contributed by atoms with Crippen LogP contribution < -0.4 is 5.56 Å². The van der Waals surface area contributed by atoms with Gasteiger partial charge in [0.1, 0.15) is 0 Å². The molecule has 0 aliphatic carbocycles. The summed E-state index contributed by atoms with van der Waals surface area (Å²) >= 11 is 7.24. The molecular formula is C13H12ClN3OS. The Bertz CT molecular complexity index is 637. The van der Waals surface area contributed by atoms with E-state index in [0.717, 1.165) is 11.3 Å². The molecule has 19 heavy (non-hydrogen) atoms. The highest BCUT2D eigenvalue weighted by Crippen LogP contribution is 2.12. The lowest BCUT2D eigenvalue weighted by Crippen LogP contribution is -2.14. The maximum atomic E-state index is 11.7. The van der Waals surface area contributed by atoms with Crippen molar-refractivity contribution in [1.82, 2.24) is 15.2 Å². The average Bonchev–Trinajstić information content (AvgIpc) is 2.40. The van der Waals surface area contributed by atoms with Crippen molar-refractivity contribution < 1.29 is 0 Å². The van der Waals surface area contributed by atoms with Crippen LogP contribution in [0.25, 0.3) is 12.2 Å². The number of nitrogens with zero attached hydrogens (tertiary/aromatic N) is 2. The third-order valence-corrected chi connectivity index (χ3v) is 3.28. The molecule has 0 saturated carbocycles. The van der Waals surface area contributed by atoms with Crippen molar-refractivity contribution in [3.05, 3.63) is 50.9 Å². The molecule has 0 aliphatic heterocycles. The summed E-state index contributed by atoms with van der Waals surface area (Å²) in [6, 6.07) is 7.31. The molecule has 1 N–H and O–H groups in total. The maximum Gasteiger partial charge on any atom is 0.277 e. The van der Waals surface area contributed by atoms with Crippen LogP contribution in [0.15, 0.2) is 34.2 Å². The molecule has 0 bridgehead atoms. The lowest BCUT2D eigenvalue weighted by Gasteiger charge is -1.97. The molecule has 98 valence electrons. The summed E-state index contributed by atoms with van der Waals surface area (Å²) in [4.78, 5) is 14.4. The van der Waals surface area contributed by atoms with Crippen LogP contribution in [0.1, 0.15) is 18.2 Å². The zero-order valence-corrected chi connectivity index (χ0v) is 11.8. The van der Waals surface area contributed by atoms with Gasteiger partial charge in [0.15, 0.2) is 10.9 Å². The number of aromatic amines is 1. The first-order valence-electron chi connectivity index (χ1n) is 5.72. The van der Waals surface area contributed by atoms with Gasteiger partial charge >= 0.3 is 0 Å². The van der Waals surface area contributed by atoms with E-state index in [2.05, 4.69) is 15.2 Å². The number of benzene rings is 1. The normalized spacial score (nSPS) is 11.1. The predicted molar refractivity (Wildman–Crippen MR) is 79.4 cm³/mol. The van der Waals surface area contributed by atoms with Crippen molar-refractivity contribution in [2.45, 2.75) is 12.1 Å². The topological polar surface area (TPSA) is 58.6 Å². The van der Waals surface area contributed by atoms with Gasteiger partial charge in [-0.1, -0.05) is 48.5 Å². The van der Waals surface area contributed by atoms with Crippen molar-refractivity contribution in [2.24, 2.45) is 0 Å². The minimum Gasteiger partial charge on any atom is -0.298 e. The standard InChI is InChI=1S/C13H12ClN3OS/c1-2-19-13-15-12(18)11(16-17-13)8-5-9-3-6-10(14)7-4-9/h3-8H,2H2,1H3,(H,15,17,18). The minimum absolute atomic E-state index is 0.240. The SMILES string of the molecule is CCSc1nnc(C=Cc2ccc(Cl)cc2)c(=O)[nH]1. The number of halogens is 1. The summed E-state index contributed by atoms with van der Waals surface area (Å²) in [5, 5.41) is 9.06. The number of nitrogens with one attached hydrogen (secondary N) is 1. The Morgan fingerprint density at radius 2 is 2.00 bits per heavy atom. The van der Waals surface area contributed by atoms with Gasteiger partial charge in [0.25, 0.3) is 5.56 Å². The third-order valence-electron chi connectivity index (χ3n) is 2.29. The first-order chi connectivity index (χ1) is 9.19. The van der Waals surface area contributed by atoms with E-state index in [1.165, 1.54) is 11.8 Å². The van der Waals surface area contributed by atoms with Gasteiger partial charge in [0.2, 0.25) is 0 Å². The number of thioether (sulfide) groups is 1. The number of hydrogen-bond donors (Lipinski definition) is 1. The second-order valence-corrected chi connectivity index (χ2v) is 5.35. The van der Waals surface area contributed by atoms with Crippen molar-refractivity contribution >= 4 is 35.5 Å². The summed E-state index contributed by atoms with van der Waals surface area (Å²) in [5.74, 6) is 0.838. The van der Waals surface area contributed by atoms with Gasteiger partial charge in [-0.2, -0.15) is 0 Å². The molecule has 1 aromatic carbocycles. The van der Waals surface area contributed by atoms with E-state index in [-0.39, 0.29) is 11.3 Å². The van der Waals surface area contributed by atoms with Crippen molar-refractivity contribution in [3.8, 4) is 0 Å². The Kier molecular flexibility index (Phi) is 4.76. The Hall–Kier alpha value is -1.59. The minimum atomic E-state index is -0.240. The van der Waals surface area contributed by atoms with Crippen LogP contribution in [0, 0.1) is 0 Å². The van der Waals surface area contributed by atoms with Gasteiger partial charge in [0, 0.05) is 5.02 Å². The highest BCUT2D eigenvalue weighted by Gasteiger charge is 2.01. The van der Waals surface area contributed by atoms with E-state index in [4.69, 9.17) is 11.6 Å². The highest BCUT2D eigenvalue weighted by atomic mass is 35.5. The van der Waals surface area contributed by atoms with Crippen LogP contribution in [0.4, 0.5) is 0 Å². The van der Waals surface area contributed by atoms with Crippen molar-refractivity contribution in [2.75, 3.05) is 5.75 Å². The molecule has 0 amide bonds. The zero-order chi connectivity index (χ0) is 13.7. The van der Waals surface area contributed by atoms with Crippen LogP contribution in [-0.4, -0.2) is 20.9 Å². The van der Waals surface area contributed by atoms with Crippen molar-refractivity contribution in [1.29, 1.82) is 0 Å². The number of rotatable bonds is 4. The number of aromatic nitrogens is 3. The summed E-state index contributed by atoms with van der Waals surface area (Å²) in [6.07, 6.45) is 3.43. The van der Waals surface area contributed by atoms with Crippen LogP contribution in [0.2, 0.25) is 5.02 Å². The quantitative estimate of drug-likeness (QED) is 0.880. The van der Waals surface area contributed by atoms with Crippen molar-refractivity contribution in [3.63, 3.8) is 0 Å². The molecule has 0 spiro atoms. The largest absolute Gasteiger partial charge is 0.298 e. The van der Waals surface area contributed by atoms with E-state index in [0.29, 0.717) is 10.2 Å². The van der Waals surface area contributed by atoms with Crippen LogP contribution >= 0.6 is 23.4 Å². The first kappa shape index (κ1) is 13.8. The lowest BCUT2D eigenvalue weighted by molar-refractivity contribution is 0.810. The van der Waals surface area contributed by atoms with Gasteiger partial charge in [-0.25, -0.2) is 0 Å². The molecule has 2 rings (SSSR count). The van der Waals surface area contributed by atoms with E-state index < -0.39 is 0 Å². The maximum absolute atomic E-state index is 11.7. The molecule has 2 aromatic rings. The molecule has 1 aromatic heterocycles. The monoisotopic (exact) mass is 293 g/mol. The molecule has 0 aliphatic rings. The molecule has 0 radical (unpaired) electrons. The van der Waals surface area contributed by atoms with E-state index >= 15 is 0 Å². The molecule has 0 unspecified atom stereocenters. The Labute approximate surface area is 119 Å². The van der Waals surface area contributed by atoms with Crippen LogP contribution in [-0.2, 0) is 0 Å². The van der Waals surface area contributed by atoms with E-state index in [1.54, 1.807) is 24.3 Å². The summed E-state index contributed by atoms with van der Waals surface area (Å²) in [6.45, 7) is 1.99. The molecule has 4 nitrogen and oxygen atoms in total. The molecule has 1 heterocycles. The summed E-state index contributed by atoms with van der Waals surface area (Å²) in [7, 11) is 0. The fourth-order valence-corrected chi connectivity index (χ4v) is 2.05. The van der Waals surface area contributed by atoms with E-state index in [1.807, 2.05) is 19.1 Å². The first-order valence-corrected chi connectivity index (χ1v) is 7.09. The van der Waals surface area contributed by atoms with Gasteiger partial charge < -0.3 is 0 Å². The number of H-pyrrole nitrogens is 1. The van der Waals surface area contributed by atoms with Crippen LogP contribution in [0.3, 0.4) is 0 Å². The van der Waals surface area contributed by atoms with Gasteiger partial charge in [-0.3, -0.25) is 9.78 Å². The average molecular weight is 294 g/mol. The smallest absolute Gasteiger partial charge is 0.277 e. The van der Waals surface area contributed by atoms with Gasteiger partial charge in [-0.05, 0) is 29.5 Å². The Morgan fingerprint density at radius 1 is 1.26 bits per heavy atom. The fourth-order valence-electron chi connectivity index (χ4n) is 1.39. The molecule has 0 fully saturated rings. The summed E-state index contributed by atoms with van der Waals surface area (Å²) in [5.41, 5.74) is 0.990. The second kappa shape index (κ2) is 6.54. The highest BCUT2D eigenvalue weighted by molar-refractivity contribution is 7.99. The molecule has 6 heteroatoms. The Balaban J connectivity index is 2.19. The predicted octanol–water partition coefficient (Wildman–Crippen LogP) is 3.10. The molecular weight excluding hydrogens is 282 g/mol. The van der Waals surface area contributed by atoms with Crippen LogP contribution in [0.5, 0.6) is 0 Å². The molecule has 0 saturated heterocycles. The summed E-state index contributed by atoms with van der Waals surface area (Å²) < 4.78 is 0. The van der Waals surface area contributed by atoms with E-state index in [9.17, 15) is 4.79 Å². The lowest BCUT2D eigenvalue weighted by atomic mass is 10.2. The number of hydrogen-bond acceptors (Lipinski definition) is 4.